The molecule has 3 atom stereocenters. The molecule has 14 nitrogen and oxygen atoms in total. The summed E-state index contributed by atoms with van der Waals surface area (Å²) in [6, 6.07) is 2.25. The Morgan fingerprint density at radius 2 is 2.05 bits per heavy atom. The summed E-state index contributed by atoms with van der Waals surface area (Å²) in [4.78, 5) is 72.1. The Hall–Kier alpha value is -4.35. The number of aliphatic carboxylic acids is 1. The largest absolute Gasteiger partial charge is 0.503 e. The monoisotopic (exact) mass is 630 g/mol. The van der Waals surface area contributed by atoms with Crippen molar-refractivity contribution in [3.8, 4) is 5.75 Å². The summed E-state index contributed by atoms with van der Waals surface area (Å²) >= 11 is 3.82. The molecule has 2 aliphatic heterocycles. The van der Waals surface area contributed by atoms with E-state index in [9.17, 15) is 34.2 Å². The van der Waals surface area contributed by atoms with Gasteiger partial charge in [-0.2, -0.15) is 0 Å². The molecule has 17 heteroatoms. The first-order valence-corrected chi connectivity index (χ1v) is 15.2. The van der Waals surface area contributed by atoms with Crippen molar-refractivity contribution < 1.29 is 34.0 Å². The normalized spacial score (nSPS) is 18.6. The lowest BCUT2D eigenvalue weighted by atomic mass is 10.0. The van der Waals surface area contributed by atoms with Crippen LogP contribution in [0, 0.1) is 0 Å². The van der Waals surface area contributed by atoms with Gasteiger partial charge < -0.3 is 31.6 Å². The van der Waals surface area contributed by atoms with Crippen molar-refractivity contribution in [1.82, 2.24) is 25.5 Å². The fourth-order valence-electron chi connectivity index (χ4n) is 4.30. The number of aromatic amines is 1. The third-order valence-electron chi connectivity index (χ3n) is 6.42. The number of thioether (sulfide) groups is 2. The number of rotatable bonds is 9. The smallest absolute Gasteiger partial charge is 0.352 e. The minimum absolute atomic E-state index is 0.100. The van der Waals surface area contributed by atoms with Crippen LogP contribution in [0.2, 0.25) is 0 Å². The number of aryl methyl sites for hydroxylation is 1. The number of aromatic hydroxyl groups is 1. The average Bonchev–Trinajstić information content (AvgIpc) is 3.40. The predicted molar refractivity (Wildman–Crippen MR) is 153 cm³/mol. The molecule has 42 heavy (non-hydrogen) atoms. The van der Waals surface area contributed by atoms with E-state index < -0.39 is 52.3 Å². The molecule has 3 unspecified atom stereocenters. The molecule has 218 valence electrons. The van der Waals surface area contributed by atoms with Crippen molar-refractivity contribution in [2.45, 2.75) is 22.4 Å². The molecule has 0 aromatic carbocycles. The number of pyridine rings is 2. The highest BCUT2D eigenvalue weighted by atomic mass is 32.2. The lowest BCUT2D eigenvalue weighted by Gasteiger charge is -2.49. The summed E-state index contributed by atoms with van der Waals surface area (Å²) in [5.74, 6) is -3.35. The highest BCUT2D eigenvalue weighted by Crippen LogP contribution is 2.41. The van der Waals surface area contributed by atoms with Crippen LogP contribution in [0.5, 0.6) is 5.75 Å². The summed E-state index contributed by atoms with van der Waals surface area (Å²) in [6.45, 7) is 0. The Morgan fingerprint density at radius 1 is 1.31 bits per heavy atom. The van der Waals surface area contributed by atoms with Gasteiger partial charge in [0.15, 0.2) is 29.3 Å². The number of nitrogens with one attached hydrogen (secondary N) is 3. The zero-order valence-corrected chi connectivity index (χ0v) is 24.2. The number of hydrogen-bond acceptors (Lipinski definition) is 11. The van der Waals surface area contributed by atoms with Gasteiger partial charge in [0.1, 0.15) is 29.9 Å². The van der Waals surface area contributed by atoms with Gasteiger partial charge in [0, 0.05) is 46.2 Å². The summed E-state index contributed by atoms with van der Waals surface area (Å²) in [6.07, 6.45) is 4.70. The van der Waals surface area contributed by atoms with Gasteiger partial charge in [-0.05, 0) is 5.57 Å². The number of amides is 3. The lowest BCUT2D eigenvalue weighted by Crippen LogP contribution is -2.71. The van der Waals surface area contributed by atoms with Crippen molar-refractivity contribution in [1.29, 1.82) is 0 Å². The van der Waals surface area contributed by atoms with Gasteiger partial charge >= 0.3 is 5.97 Å². The van der Waals surface area contributed by atoms with E-state index in [4.69, 9.17) is 5.73 Å². The first kappa shape index (κ1) is 29.2. The van der Waals surface area contributed by atoms with E-state index in [-0.39, 0.29) is 22.2 Å². The van der Waals surface area contributed by atoms with Crippen LogP contribution in [0.4, 0.5) is 5.13 Å². The molecule has 1 fully saturated rings. The molecule has 5 rings (SSSR count). The fourth-order valence-corrected chi connectivity index (χ4v) is 7.25. The Balaban J connectivity index is 1.32. The van der Waals surface area contributed by atoms with E-state index in [1.807, 2.05) is 36.1 Å². The van der Waals surface area contributed by atoms with E-state index in [1.54, 1.807) is 0 Å². The Kier molecular flexibility index (Phi) is 8.24. The average molecular weight is 631 g/mol. The highest BCUT2D eigenvalue weighted by Gasteiger charge is 2.54. The Labute approximate surface area is 250 Å². The minimum Gasteiger partial charge on any atom is -0.503 e. The number of H-pyrrole nitrogens is 1. The van der Waals surface area contributed by atoms with E-state index in [1.165, 1.54) is 33.8 Å². The van der Waals surface area contributed by atoms with Gasteiger partial charge in [0.25, 0.3) is 11.8 Å². The maximum atomic E-state index is 13.4. The number of anilines is 1. The molecule has 5 heterocycles. The second kappa shape index (κ2) is 11.9. The number of nitrogen functional groups attached to an aromatic ring is 1. The van der Waals surface area contributed by atoms with Crippen LogP contribution < -0.4 is 26.4 Å². The van der Waals surface area contributed by atoms with Crippen molar-refractivity contribution >= 4 is 63.7 Å². The minimum atomic E-state index is -1.40. The van der Waals surface area contributed by atoms with Crippen molar-refractivity contribution in [3.05, 3.63) is 75.1 Å². The topological polar surface area (TPSA) is 212 Å². The molecule has 0 radical (unpaired) electrons. The molecule has 7 N–H and O–H groups in total. The van der Waals surface area contributed by atoms with Gasteiger partial charge in [-0.15, -0.1) is 34.9 Å². The molecule has 3 aromatic heterocycles. The van der Waals surface area contributed by atoms with E-state index in [0.717, 1.165) is 28.5 Å². The molecule has 3 amide bonds. The number of carboxylic acid groups (broad SMARTS) is 1. The summed E-state index contributed by atoms with van der Waals surface area (Å²) < 4.78 is 1.88. The third kappa shape index (κ3) is 5.83. The second-order valence-electron chi connectivity index (χ2n) is 9.25. The Bertz CT molecular complexity index is 1670. The van der Waals surface area contributed by atoms with E-state index >= 15 is 0 Å². The maximum Gasteiger partial charge on any atom is 0.352 e. The number of fused-ring (bicyclic) bond motifs is 1. The van der Waals surface area contributed by atoms with Gasteiger partial charge in [-0.1, -0.05) is 0 Å². The van der Waals surface area contributed by atoms with Gasteiger partial charge in [0.2, 0.25) is 11.3 Å². The standard InChI is InChI=1S/C25H23N7O7S3/c1-31-4-2-12(3-5-31)40-8-11-9-41-23-18(22(37)32(23)19(11)24(38)39)30-21(36)17(14-10-42-25(26)28-14)29-20(35)13-6-15(33)16(34)7-27-13/h2-7,10,17-18,23H,8-9H2,1H3,(H6-,26,27,28,29,30,33,34,35,36,38,39)/p+1. The lowest BCUT2D eigenvalue weighted by molar-refractivity contribution is -0.671. The number of nitrogens with zero attached hydrogens (tertiary/aromatic N) is 3. The first-order valence-electron chi connectivity index (χ1n) is 12.3. The number of nitrogens with two attached hydrogens (primary N) is 1. The third-order valence-corrected chi connectivity index (χ3v) is 9.55. The molecule has 2 aliphatic rings. The Morgan fingerprint density at radius 3 is 2.69 bits per heavy atom. The van der Waals surface area contributed by atoms with Crippen LogP contribution in [0.3, 0.4) is 0 Å². The molecular formula is C25H24N7O7S3+. The van der Waals surface area contributed by atoms with Crippen molar-refractivity contribution in [3.63, 3.8) is 0 Å². The number of thiazole rings is 1. The van der Waals surface area contributed by atoms with E-state index in [0.29, 0.717) is 17.1 Å². The second-order valence-corrected chi connectivity index (χ2v) is 12.3. The quantitative estimate of drug-likeness (QED) is 0.105. The van der Waals surface area contributed by atoms with Crippen LogP contribution in [-0.2, 0) is 21.4 Å². The highest BCUT2D eigenvalue weighted by molar-refractivity contribution is 8.01. The first-order chi connectivity index (χ1) is 20.0. The number of aromatic nitrogens is 3. The number of β-lactam (4-membered cyclic amide) rings is 1. The van der Waals surface area contributed by atoms with Crippen LogP contribution in [0.1, 0.15) is 22.2 Å². The zero-order chi connectivity index (χ0) is 30.1. The molecule has 0 saturated carbocycles. The van der Waals surface area contributed by atoms with Crippen LogP contribution >= 0.6 is 34.9 Å². The molecule has 0 bridgehead atoms. The van der Waals surface area contributed by atoms with Crippen molar-refractivity contribution in [2.24, 2.45) is 7.05 Å². The van der Waals surface area contributed by atoms with Crippen molar-refractivity contribution in [2.75, 3.05) is 17.2 Å². The van der Waals surface area contributed by atoms with E-state index in [2.05, 4.69) is 20.6 Å². The number of carboxylic acids is 1. The van der Waals surface area contributed by atoms with Gasteiger partial charge in [0.05, 0.1) is 5.69 Å². The van der Waals surface area contributed by atoms with Gasteiger partial charge in [-0.3, -0.25) is 24.1 Å². The number of hydrogen-bond donors (Lipinski definition) is 6. The fraction of sp³-hybridized carbons (Fsp3) is 0.240. The van der Waals surface area contributed by atoms with Crippen LogP contribution in [0.25, 0.3) is 0 Å². The SMILES string of the molecule is C[n+]1ccc(SCC2=C(C(=O)O)N3C(=O)C(NC(=O)C(NC(=O)c4cc(=O)c(O)c[nH]4)c4csc(N)n4)C3SC2)cc1. The van der Waals surface area contributed by atoms with Crippen LogP contribution in [0.15, 0.2) is 63.1 Å². The summed E-state index contributed by atoms with van der Waals surface area (Å²) in [7, 11) is 1.89. The number of carbonyl (C=O) groups is 4. The van der Waals surface area contributed by atoms with Gasteiger partial charge in [-0.25, -0.2) is 14.3 Å². The molecule has 3 aromatic rings. The summed E-state index contributed by atoms with van der Waals surface area (Å²) in [5, 5.41) is 25.4. The van der Waals surface area contributed by atoms with Crippen LogP contribution in [-0.4, -0.2) is 71.7 Å². The molecule has 0 aliphatic carbocycles. The maximum absolute atomic E-state index is 13.4. The molecule has 0 spiro atoms. The predicted octanol–water partition coefficient (Wildman–Crippen LogP) is -0.0543. The summed E-state index contributed by atoms with van der Waals surface area (Å²) in [5.41, 5.74) is 5.29. The molecular weight excluding hydrogens is 607 g/mol. The molecule has 1 saturated heterocycles. The number of carbonyl (C=O) groups excluding carboxylic acids is 3. The zero-order valence-electron chi connectivity index (χ0n) is 21.8.